The van der Waals surface area contributed by atoms with E-state index in [0.717, 1.165) is 11.5 Å². The van der Waals surface area contributed by atoms with Crippen molar-refractivity contribution in [1.82, 2.24) is 0 Å². The smallest absolute Gasteiger partial charge is 0.185 e. The molecule has 10 heteroatoms. The zero-order valence-electron chi connectivity index (χ0n) is 26.1. The minimum absolute atomic E-state index is 0.465. The van der Waals surface area contributed by atoms with E-state index < -0.39 is 57.1 Å². The Morgan fingerprint density at radius 2 is 0.737 bits per heavy atom. The zero-order valence-corrected chi connectivity index (χ0v) is 31.9. The fraction of sp³-hybridized carbons (Fsp3) is 0.571. The van der Waals surface area contributed by atoms with E-state index in [0.29, 0.717) is 0 Å². The van der Waals surface area contributed by atoms with Crippen LogP contribution in [0.2, 0.25) is 78.6 Å². The van der Waals surface area contributed by atoms with Gasteiger partial charge in [0.2, 0.25) is 0 Å². The van der Waals surface area contributed by atoms with Gasteiger partial charge in [0.15, 0.2) is 16.6 Å². The highest BCUT2D eigenvalue weighted by molar-refractivity contribution is 8.57. The van der Waals surface area contributed by atoms with Gasteiger partial charge < -0.3 is 18.3 Å². The van der Waals surface area contributed by atoms with Crippen molar-refractivity contribution in [3.8, 4) is 11.5 Å². The number of hydrogen-bond acceptors (Lipinski definition) is 4. The standard InChI is InChI=1S/C28H50O4P2Si4/c1-29-25-19-15-23(16-20-25)27(31-35(3,4)5)28(32-36(6,7)8,24-17-21-26(30-2)22-18-24)34(38(12,13)14)33(27)37(9,10)11/h15-22H,1-14H3. The topological polar surface area (TPSA) is 36.9 Å². The van der Waals surface area contributed by atoms with Crippen LogP contribution >= 0.6 is 14.3 Å². The van der Waals surface area contributed by atoms with Gasteiger partial charge in [0.1, 0.15) is 22.2 Å². The fourth-order valence-electron chi connectivity index (χ4n) is 5.57. The summed E-state index contributed by atoms with van der Waals surface area (Å²) in [7, 11) is -4.94. The van der Waals surface area contributed by atoms with E-state index in [1.54, 1.807) is 14.2 Å². The molecule has 1 heterocycles. The average Bonchev–Trinajstić information content (AvgIpc) is 2.76. The summed E-state index contributed by atoms with van der Waals surface area (Å²) in [5, 5.41) is -0.991. The Balaban J connectivity index is 2.56. The molecule has 0 saturated carbocycles. The molecule has 0 amide bonds. The Morgan fingerprint density at radius 1 is 0.474 bits per heavy atom. The molecule has 3 rings (SSSR count). The van der Waals surface area contributed by atoms with Gasteiger partial charge in [-0.2, -0.15) is 0 Å². The van der Waals surface area contributed by atoms with E-state index in [2.05, 4.69) is 127 Å². The average molecular weight is 625 g/mol. The van der Waals surface area contributed by atoms with Crippen LogP contribution in [0.15, 0.2) is 48.5 Å². The molecule has 2 aromatic rings. The molecular formula is C28H50O4P2Si4. The Labute approximate surface area is 238 Å². The van der Waals surface area contributed by atoms with Crippen LogP contribution in [0.3, 0.4) is 0 Å². The molecule has 0 aliphatic carbocycles. The first-order valence-electron chi connectivity index (χ1n) is 13.5. The largest absolute Gasteiger partial charge is 0.497 e. The van der Waals surface area contributed by atoms with Crippen molar-refractivity contribution >= 4 is 46.4 Å². The molecule has 4 nitrogen and oxygen atoms in total. The van der Waals surface area contributed by atoms with E-state index in [9.17, 15) is 0 Å². The monoisotopic (exact) mass is 624 g/mol. The molecule has 1 fully saturated rings. The first kappa shape index (κ1) is 32.2. The lowest BCUT2D eigenvalue weighted by Crippen LogP contribution is -2.67. The van der Waals surface area contributed by atoms with Crippen molar-refractivity contribution in [1.29, 1.82) is 0 Å². The summed E-state index contributed by atoms with van der Waals surface area (Å²) >= 11 is 0. The van der Waals surface area contributed by atoms with Gasteiger partial charge in [-0.15, -0.1) is 0 Å². The molecule has 2 aromatic carbocycles. The quantitative estimate of drug-likeness (QED) is 0.195. The van der Waals surface area contributed by atoms with Crippen molar-refractivity contribution in [2.24, 2.45) is 0 Å². The third-order valence-electron chi connectivity index (χ3n) is 6.40. The lowest BCUT2D eigenvalue weighted by molar-refractivity contribution is -0.0284. The van der Waals surface area contributed by atoms with Crippen LogP contribution in [-0.2, 0) is 19.5 Å². The van der Waals surface area contributed by atoms with E-state index in [-0.39, 0.29) is 0 Å². The first-order chi connectivity index (χ1) is 17.2. The van der Waals surface area contributed by atoms with Crippen LogP contribution in [0.4, 0.5) is 0 Å². The maximum Gasteiger partial charge on any atom is 0.185 e. The molecule has 0 spiro atoms. The molecule has 212 valence electrons. The van der Waals surface area contributed by atoms with Gasteiger partial charge in [0.25, 0.3) is 0 Å². The maximum atomic E-state index is 7.72. The Kier molecular flexibility index (Phi) is 9.18. The fourth-order valence-corrected chi connectivity index (χ4v) is 61.5. The molecule has 1 aliphatic rings. The van der Waals surface area contributed by atoms with Crippen LogP contribution in [0, 0.1) is 0 Å². The van der Waals surface area contributed by atoms with Crippen LogP contribution in [-0.4, -0.2) is 46.3 Å². The van der Waals surface area contributed by atoms with Crippen LogP contribution in [0.5, 0.6) is 11.5 Å². The lowest BCUT2D eigenvalue weighted by Gasteiger charge is -2.76. The molecule has 38 heavy (non-hydrogen) atoms. The molecule has 0 aromatic heterocycles. The summed E-state index contributed by atoms with van der Waals surface area (Å²) in [4.78, 5) is 0. The third kappa shape index (κ3) is 5.99. The molecule has 0 bridgehead atoms. The van der Waals surface area contributed by atoms with Crippen molar-refractivity contribution in [3.63, 3.8) is 0 Å². The van der Waals surface area contributed by atoms with Gasteiger partial charge in [0, 0.05) is 0 Å². The molecule has 4 unspecified atom stereocenters. The normalized spacial score (nSPS) is 26.6. The number of rotatable bonds is 10. The van der Waals surface area contributed by atoms with Crippen molar-refractivity contribution in [2.75, 3.05) is 14.2 Å². The second kappa shape index (κ2) is 10.8. The summed E-state index contributed by atoms with van der Waals surface area (Å²) in [6, 6.07) is 17.6. The van der Waals surface area contributed by atoms with Gasteiger partial charge in [-0.1, -0.05) is 77.9 Å². The van der Waals surface area contributed by atoms with Gasteiger partial charge in [-0.05, 0) is 74.7 Å². The molecular weight excluding hydrogens is 575 g/mol. The van der Waals surface area contributed by atoms with Crippen molar-refractivity contribution in [3.05, 3.63) is 59.7 Å². The highest BCUT2D eigenvalue weighted by Gasteiger charge is 2.80. The molecule has 0 radical (unpaired) electrons. The van der Waals surface area contributed by atoms with E-state index >= 15 is 0 Å². The van der Waals surface area contributed by atoms with Crippen molar-refractivity contribution in [2.45, 2.75) is 89.2 Å². The Hall–Kier alpha value is -0.312. The summed E-state index contributed by atoms with van der Waals surface area (Å²) < 4.78 is 26.7. The number of hydrogen-bond donors (Lipinski definition) is 0. The molecule has 4 atom stereocenters. The van der Waals surface area contributed by atoms with Crippen molar-refractivity contribution < 1.29 is 18.3 Å². The number of benzene rings is 2. The maximum absolute atomic E-state index is 7.72. The van der Waals surface area contributed by atoms with Crippen LogP contribution in [0.25, 0.3) is 0 Å². The van der Waals surface area contributed by atoms with Crippen LogP contribution < -0.4 is 9.47 Å². The first-order valence-corrected chi connectivity index (χ1v) is 32.4. The summed E-state index contributed by atoms with van der Waals surface area (Å²) in [6.07, 6.45) is 0. The molecule has 1 saturated heterocycles. The predicted octanol–water partition coefficient (Wildman–Crippen LogP) is 9.97. The SMILES string of the molecule is COc1ccc(C2(O[Si](C)(C)C)P([Si](C)(C)C)P([Si](C)(C)C)C2(O[Si](C)(C)C)c2ccc(OC)cc2)cc1. The predicted molar refractivity (Wildman–Crippen MR) is 179 cm³/mol. The lowest BCUT2D eigenvalue weighted by atomic mass is 9.96. The summed E-state index contributed by atoms with van der Waals surface area (Å²) in [5.41, 5.74) is 2.53. The third-order valence-corrected chi connectivity index (χ3v) is 42.8. The summed E-state index contributed by atoms with van der Waals surface area (Å²) in [6.45, 7) is 29.5. The molecule has 0 N–H and O–H groups in total. The van der Waals surface area contributed by atoms with E-state index in [4.69, 9.17) is 18.3 Å². The summed E-state index contributed by atoms with van der Waals surface area (Å²) in [5.74, 6) is 1.75. The van der Waals surface area contributed by atoms with Gasteiger partial charge in [0.05, 0.1) is 29.7 Å². The molecule has 1 aliphatic heterocycles. The minimum Gasteiger partial charge on any atom is -0.497 e. The Morgan fingerprint density at radius 3 is 0.921 bits per heavy atom. The van der Waals surface area contributed by atoms with Gasteiger partial charge in [-0.3, -0.25) is 0 Å². The second-order valence-electron chi connectivity index (χ2n) is 14.1. The number of ether oxygens (including phenoxy) is 2. The second-order valence-corrected chi connectivity index (χ2v) is 49.6. The number of methoxy groups -OCH3 is 2. The van der Waals surface area contributed by atoms with Gasteiger partial charge >= 0.3 is 0 Å². The van der Waals surface area contributed by atoms with Gasteiger partial charge in [-0.25, -0.2) is 0 Å². The van der Waals surface area contributed by atoms with Crippen LogP contribution in [0.1, 0.15) is 11.1 Å². The highest BCUT2D eigenvalue weighted by atomic mass is 32.3. The zero-order chi connectivity index (χ0) is 28.9. The van der Waals surface area contributed by atoms with E-state index in [1.807, 2.05) is 0 Å². The minimum atomic E-state index is -2.05. The van der Waals surface area contributed by atoms with E-state index in [1.165, 1.54) is 11.1 Å². The highest BCUT2D eigenvalue weighted by Crippen LogP contribution is 3.04. The Bertz CT molecular complexity index is 1010.